The molecule has 0 bridgehead atoms. The lowest BCUT2D eigenvalue weighted by Gasteiger charge is -2.17. The second-order valence-corrected chi connectivity index (χ2v) is 8.97. The number of nitrogens with one attached hydrogen (secondary N) is 1. The molecular formula is C27H35NOS. The van der Waals surface area contributed by atoms with Crippen molar-refractivity contribution in [3.05, 3.63) is 87.1 Å². The van der Waals surface area contributed by atoms with E-state index < -0.39 is 0 Å². The summed E-state index contributed by atoms with van der Waals surface area (Å²) in [4.78, 5) is 0. The van der Waals surface area contributed by atoms with Crippen molar-refractivity contribution in [2.45, 2.75) is 58.9 Å². The minimum Gasteiger partial charge on any atom is -0.494 e. The number of thiophene rings is 1. The van der Waals surface area contributed by atoms with Gasteiger partial charge in [0.15, 0.2) is 0 Å². The molecule has 160 valence electrons. The molecule has 0 amide bonds. The third-order valence-electron chi connectivity index (χ3n) is 5.71. The summed E-state index contributed by atoms with van der Waals surface area (Å²) in [7, 11) is 0. The first-order valence-corrected chi connectivity index (χ1v) is 12.1. The summed E-state index contributed by atoms with van der Waals surface area (Å²) in [5.74, 6) is 1.52. The van der Waals surface area contributed by atoms with Gasteiger partial charge in [0.1, 0.15) is 5.75 Å². The van der Waals surface area contributed by atoms with Crippen LogP contribution in [0.5, 0.6) is 5.75 Å². The van der Waals surface area contributed by atoms with Gasteiger partial charge < -0.3 is 10.1 Å². The fourth-order valence-electron chi connectivity index (χ4n) is 3.74. The van der Waals surface area contributed by atoms with E-state index in [1.165, 1.54) is 27.8 Å². The second kappa shape index (κ2) is 11.9. The van der Waals surface area contributed by atoms with Crippen LogP contribution in [0.25, 0.3) is 0 Å². The summed E-state index contributed by atoms with van der Waals surface area (Å²) in [6.07, 6.45) is 4.46. The maximum atomic E-state index is 6.02. The van der Waals surface area contributed by atoms with Crippen LogP contribution in [-0.2, 0) is 13.0 Å². The Morgan fingerprint density at radius 3 is 2.47 bits per heavy atom. The molecule has 0 aliphatic heterocycles. The summed E-state index contributed by atoms with van der Waals surface area (Å²) < 4.78 is 6.02. The highest BCUT2D eigenvalue weighted by Gasteiger charge is 2.13. The van der Waals surface area contributed by atoms with Crippen LogP contribution in [-0.4, -0.2) is 13.2 Å². The number of hydrogen-bond acceptors (Lipinski definition) is 3. The van der Waals surface area contributed by atoms with Crippen LogP contribution in [0.2, 0.25) is 0 Å². The number of benzene rings is 2. The Morgan fingerprint density at radius 2 is 1.77 bits per heavy atom. The fourth-order valence-corrected chi connectivity index (χ4v) is 4.48. The largest absolute Gasteiger partial charge is 0.494 e. The van der Waals surface area contributed by atoms with Gasteiger partial charge in [0, 0.05) is 6.54 Å². The van der Waals surface area contributed by atoms with E-state index in [1.54, 1.807) is 11.3 Å². The SMILES string of the molecule is CCCNCc1ccc(OCCCC(Cc2ccc(C)c(C)c2)c2ccsc2)cc1. The molecule has 2 nitrogen and oxygen atoms in total. The molecule has 0 aliphatic carbocycles. The summed E-state index contributed by atoms with van der Waals surface area (Å²) in [5.41, 5.74) is 6.95. The number of hydrogen-bond donors (Lipinski definition) is 1. The molecule has 0 spiro atoms. The third-order valence-corrected chi connectivity index (χ3v) is 6.41. The maximum Gasteiger partial charge on any atom is 0.119 e. The molecule has 1 unspecified atom stereocenters. The molecule has 0 radical (unpaired) electrons. The normalized spacial score (nSPS) is 12.1. The summed E-state index contributed by atoms with van der Waals surface area (Å²) in [6, 6.07) is 17.7. The highest BCUT2D eigenvalue weighted by atomic mass is 32.1. The van der Waals surface area contributed by atoms with Crippen molar-refractivity contribution in [3.8, 4) is 5.75 Å². The van der Waals surface area contributed by atoms with Gasteiger partial charge in [0.2, 0.25) is 0 Å². The molecule has 3 heteroatoms. The van der Waals surface area contributed by atoms with Crippen LogP contribution in [0, 0.1) is 13.8 Å². The number of rotatable bonds is 12. The zero-order valence-electron chi connectivity index (χ0n) is 18.6. The van der Waals surface area contributed by atoms with Crippen LogP contribution in [0.15, 0.2) is 59.3 Å². The van der Waals surface area contributed by atoms with E-state index in [0.717, 1.165) is 51.1 Å². The molecule has 0 aliphatic rings. The van der Waals surface area contributed by atoms with Gasteiger partial charge >= 0.3 is 0 Å². The van der Waals surface area contributed by atoms with E-state index in [1.807, 2.05) is 0 Å². The first-order valence-electron chi connectivity index (χ1n) is 11.2. The quantitative estimate of drug-likeness (QED) is 0.316. The summed E-state index contributed by atoms with van der Waals surface area (Å²) in [5, 5.41) is 7.93. The molecular weight excluding hydrogens is 386 g/mol. The lowest BCUT2D eigenvalue weighted by molar-refractivity contribution is 0.301. The van der Waals surface area contributed by atoms with Gasteiger partial charge in [0.25, 0.3) is 0 Å². The van der Waals surface area contributed by atoms with Crippen LogP contribution >= 0.6 is 11.3 Å². The van der Waals surface area contributed by atoms with Crippen molar-refractivity contribution in [2.24, 2.45) is 0 Å². The molecule has 0 saturated carbocycles. The molecule has 30 heavy (non-hydrogen) atoms. The van der Waals surface area contributed by atoms with Gasteiger partial charge in [-0.3, -0.25) is 0 Å². The Labute approximate surface area is 186 Å². The van der Waals surface area contributed by atoms with Crippen molar-refractivity contribution < 1.29 is 4.74 Å². The Hall–Kier alpha value is -2.10. The van der Waals surface area contributed by atoms with E-state index in [0.29, 0.717) is 5.92 Å². The molecule has 1 N–H and O–H groups in total. The molecule has 0 fully saturated rings. The lowest BCUT2D eigenvalue weighted by Crippen LogP contribution is -2.13. The van der Waals surface area contributed by atoms with Crippen LogP contribution in [0.1, 0.15) is 59.9 Å². The molecule has 1 aromatic heterocycles. The average molecular weight is 422 g/mol. The van der Waals surface area contributed by atoms with Crippen molar-refractivity contribution in [1.82, 2.24) is 5.32 Å². The smallest absolute Gasteiger partial charge is 0.119 e. The maximum absolute atomic E-state index is 6.02. The zero-order valence-corrected chi connectivity index (χ0v) is 19.4. The second-order valence-electron chi connectivity index (χ2n) is 8.19. The highest BCUT2D eigenvalue weighted by molar-refractivity contribution is 7.07. The predicted molar refractivity (Wildman–Crippen MR) is 130 cm³/mol. The minimum absolute atomic E-state index is 0.550. The van der Waals surface area contributed by atoms with E-state index in [2.05, 4.69) is 85.4 Å². The zero-order chi connectivity index (χ0) is 21.2. The topological polar surface area (TPSA) is 21.3 Å². The van der Waals surface area contributed by atoms with Crippen molar-refractivity contribution in [1.29, 1.82) is 0 Å². The van der Waals surface area contributed by atoms with Gasteiger partial charge in [-0.2, -0.15) is 11.3 Å². The summed E-state index contributed by atoms with van der Waals surface area (Å²) >= 11 is 1.79. The van der Waals surface area contributed by atoms with Gasteiger partial charge in [-0.1, -0.05) is 37.3 Å². The van der Waals surface area contributed by atoms with Crippen LogP contribution < -0.4 is 10.1 Å². The van der Waals surface area contributed by atoms with E-state index in [4.69, 9.17) is 4.74 Å². The monoisotopic (exact) mass is 421 g/mol. The van der Waals surface area contributed by atoms with Gasteiger partial charge in [-0.15, -0.1) is 0 Å². The summed E-state index contributed by atoms with van der Waals surface area (Å²) in [6.45, 7) is 9.33. The highest BCUT2D eigenvalue weighted by Crippen LogP contribution is 2.28. The first kappa shape index (κ1) is 22.6. The van der Waals surface area contributed by atoms with E-state index in [9.17, 15) is 0 Å². The van der Waals surface area contributed by atoms with Gasteiger partial charge in [-0.05, 0) is 109 Å². The predicted octanol–water partition coefficient (Wildman–Crippen LogP) is 7.05. The van der Waals surface area contributed by atoms with Gasteiger partial charge in [-0.25, -0.2) is 0 Å². The van der Waals surface area contributed by atoms with E-state index in [-0.39, 0.29) is 0 Å². The lowest BCUT2D eigenvalue weighted by atomic mass is 9.89. The molecule has 1 atom stereocenters. The fraction of sp³-hybridized carbons (Fsp3) is 0.407. The van der Waals surface area contributed by atoms with E-state index >= 15 is 0 Å². The van der Waals surface area contributed by atoms with Crippen molar-refractivity contribution >= 4 is 11.3 Å². The number of ether oxygens (including phenoxy) is 1. The van der Waals surface area contributed by atoms with Crippen LogP contribution in [0.4, 0.5) is 0 Å². The molecule has 3 aromatic rings. The molecule has 2 aromatic carbocycles. The third kappa shape index (κ3) is 7.00. The Balaban J connectivity index is 1.49. The molecule has 3 rings (SSSR count). The molecule has 1 heterocycles. The average Bonchev–Trinajstić information content (AvgIpc) is 3.29. The van der Waals surface area contributed by atoms with Crippen molar-refractivity contribution in [3.63, 3.8) is 0 Å². The molecule has 0 saturated heterocycles. The Bertz CT molecular complexity index is 870. The number of aryl methyl sites for hydroxylation is 2. The van der Waals surface area contributed by atoms with Gasteiger partial charge in [0.05, 0.1) is 6.61 Å². The first-order chi connectivity index (χ1) is 14.7. The van der Waals surface area contributed by atoms with Crippen molar-refractivity contribution in [2.75, 3.05) is 13.2 Å². The Morgan fingerprint density at radius 1 is 0.967 bits per heavy atom. The van der Waals surface area contributed by atoms with Crippen LogP contribution in [0.3, 0.4) is 0 Å². The standard InChI is InChI=1S/C27H35NOS/c1-4-14-28-19-23-9-11-27(12-10-23)29-15-5-6-25(26-13-16-30-20-26)18-24-8-7-21(2)22(3)17-24/h7-13,16-17,20,25,28H,4-6,14-15,18-19H2,1-3H3. The minimum atomic E-state index is 0.550. The Kier molecular flexibility index (Phi) is 8.98.